The van der Waals surface area contributed by atoms with E-state index in [4.69, 9.17) is 33.2 Å². The number of hydrogen-bond donors (Lipinski definition) is 3. The Morgan fingerprint density at radius 3 is 2.62 bits per heavy atom. The molecule has 11 nitrogen and oxygen atoms in total. The smallest absolute Gasteiger partial charge is 0.414 e. The highest BCUT2D eigenvalue weighted by molar-refractivity contribution is 6.47. The van der Waals surface area contributed by atoms with E-state index in [2.05, 4.69) is 25.6 Å². The predicted molar refractivity (Wildman–Crippen MR) is 122 cm³/mol. The fourth-order valence-electron chi connectivity index (χ4n) is 3.34. The Labute approximate surface area is 203 Å². The Hall–Kier alpha value is -3.88. The van der Waals surface area contributed by atoms with Gasteiger partial charge in [0.2, 0.25) is 11.6 Å². The first-order valence-electron chi connectivity index (χ1n) is 9.98. The van der Waals surface area contributed by atoms with Crippen LogP contribution in [0, 0.1) is 11.3 Å². The molecule has 2 aliphatic rings. The van der Waals surface area contributed by atoms with Crippen LogP contribution in [0.25, 0.3) is 0 Å². The minimum Gasteiger partial charge on any atom is -0.453 e. The van der Waals surface area contributed by atoms with Gasteiger partial charge in [-0.2, -0.15) is 10.4 Å². The lowest BCUT2D eigenvalue weighted by atomic mass is 10.00. The van der Waals surface area contributed by atoms with Crippen molar-refractivity contribution in [1.29, 1.82) is 5.26 Å². The van der Waals surface area contributed by atoms with Gasteiger partial charge in [-0.3, -0.25) is 20.3 Å². The molecule has 0 bridgehead atoms. The van der Waals surface area contributed by atoms with Gasteiger partial charge in [-0.25, -0.2) is 9.78 Å². The monoisotopic (exact) mass is 502 g/mol. The Morgan fingerprint density at radius 2 is 2.00 bits per heavy atom. The second-order valence-corrected chi connectivity index (χ2v) is 8.15. The van der Waals surface area contributed by atoms with Crippen LogP contribution in [0.3, 0.4) is 0 Å². The number of imide groups is 1. The number of amides is 3. The molecule has 1 spiro atoms. The summed E-state index contributed by atoms with van der Waals surface area (Å²) in [5.41, 5.74) is 2.36. The summed E-state index contributed by atoms with van der Waals surface area (Å²) in [6, 6.07) is 6.13. The zero-order valence-electron chi connectivity index (χ0n) is 17.6. The number of nitrogens with zero attached hydrogens (tertiary/aromatic N) is 3. The van der Waals surface area contributed by atoms with Crippen LogP contribution in [0.1, 0.15) is 25.3 Å². The molecule has 1 aromatic heterocycles. The molecule has 1 aromatic carbocycles. The number of carbonyl (C=O) groups is 3. The maximum absolute atomic E-state index is 12.2. The molecule has 1 aliphatic carbocycles. The quantitative estimate of drug-likeness (QED) is 0.398. The Morgan fingerprint density at radius 1 is 1.29 bits per heavy atom. The number of alkyl carbamates (subject to hydrolysis) is 1. The normalized spacial score (nSPS) is 15.1. The summed E-state index contributed by atoms with van der Waals surface area (Å²) in [6.45, 7) is 1.62. The van der Waals surface area contributed by atoms with Crippen molar-refractivity contribution in [2.75, 3.05) is 17.3 Å². The summed E-state index contributed by atoms with van der Waals surface area (Å²) >= 11 is 12.6. The van der Waals surface area contributed by atoms with Crippen LogP contribution in [-0.2, 0) is 19.7 Å². The minimum atomic E-state index is -1.05. The van der Waals surface area contributed by atoms with Gasteiger partial charge in [0.1, 0.15) is 17.6 Å². The number of pyridine rings is 1. The molecule has 174 valence electrons. The van der Waals surface area contributed by atoms with Crippen molar-refractivity contribution in [3.63, 3.8) is 0 Å². The largest absolute Gasteiger partial charge is 0.453 e. The van der Waals surface area contributed by atoms with E-state index in [1.807, 2.05) is 5.32 Å². The number of halogens is 2. The summed E-state index contributed by atoms with van der Waals surface area (Å²) in [4.78, 5) is 39.7. The lowest BCUT2D eigenvalue weighted by Crippen LogP contribution is -2.36. The van der Waals surface area contributed by atoms with Gasteiger partial charge < -0.3 is 14.8 Å². The molecule has 1 fully saturated rings. The molecular formula is C21H16Cl2N6O5. The van der Waals surface area contributed by atoms with Crippen LogP contribution in [0.15, 0.2) is 29.5 Å². The molecule has 0 radical (unpaired) electrons. The molecular weight excluding hydrogens is 487 g/mol. The summed E-state index contributed by atoms with van der Waals surface area (Å²) in [5.74, 6) is -0.0958. The molecule has 1 aliphatic heterocycles. The first-order valence-corrected chi connectivity index (χ1v) is 10.7. The fourth-order valence-corrected chi connectivity index (χ4v) is 3.91. The highest BCUT2D eigenvalue weighted by Crippen LogP contribution is 2.55. The van der Waals surface area contributed by atoms with Gasteiger partial charge >= 0.3 is 6.09 Å². The van der Waals surface area contributed by atoms with Crippen LogP contribution < -0.4 is 20.8 Å². The topological polar surface area (TPSA) is 155 Å². The number of hydrogen-bond acceptors (Lipinski definition) is 9. The third-order valence-electron chi connectivity index (χ3n) is 5.12. The molecule has 0 atom stereocenters. The van der Waals surface area contributed by atoms with Gasteiger partial charge in [-0.1, -0.05) is 23.2 Å². The molecule has 3 amide bonds. The third kappa shape index (κ3) is 4.46. The molecule has 3 N–H and O–H groups in total. The fraction of sp³-hybridized carbons (Fsp3) is 0.238. The van der Waals surface area contributed by atoms with E-state index in [1.54, 1.807) is 19.1 Å². The SMILES string of the molecule is CCOC(=O)NC(=O)C(C#N)=NNc1cc(Cl)c(Oc2cnc3c(c2)C2(CC2)C(=O)N3)c(Cl)c1. The van der Waals surface area contributed by atoms with Crippen LogP contribution in [0.2, 0.25) is 10.0 Å². The third-order valence-corrected chi connectivity index (χ3v) is 5.68. The summed E-state index contributed by atoms with van der Waals surface area (Å²) in [7, 11) is 0. The van der Waals surface area contributed by atoms with E-state index in [0.717, 1.165) is 18.4 Å². The Bertz CT molecular complexity index is 1260. The number of hydrazone groups is 1. The van der Waals surface area contributed by atoms with Crippen molar-refractivity contribution < 1.29 is 23.9 Å². The van der Waals surface area contributed by atoms with E-state index in [-0.39, 0.29) is 34.0 Å². The van der Waals surface area contributed by atoms with Gasteiger partial charge in [0.05, 0.1) is 34.0 Å². The highest BCUT2D eigenvalue weighted by Gasteiger charge is 2.57. The number of rotatable bonds is 6. The number of ether oxygens (including phenoxy) is 2. The molecule has 34 heavy (non-hydrogen) atoms. The number of aromatic nitrogens is 1. The molecule has 0 saturated heterocycles. The number of nitriles is 1. The lowest BCUT2D eigenvalue weighted by molar-refractivity contribution is -0.118. The van der Waals surface area contributed by atoms with Crippen LogP contribution in [-0.4, -0.2) is 35.2 Å². The Balaban J connectivity index is 1.49. The summed E-state index contributed by atoms with van der Waals surface area (Å²) in [5, 5.41) is 17.6. The lowest BCUT2D eigenvalue weighted by Gasteiger charge is -2.12. The van der Waals surface area contributed by atoms with Gasteiger partial charge in [0.25, 0.3) is 5.91 Å². The molecule has 4 rings (SSSR count). The van der Waals surface area contributed by atoms with Gasteiger partial charge in [-0.05, 0) is 38.0 Å². The van der Waals surface area contributed by atoms with Gasteiger partial charge in [0.15, 0.2) is 5.75 Å². The van der Waals surface area contributed by atoms with Crippen molar-refractivity contribution in [3.8, 4) is 17.6 Å². The van der Waals surface area contributed by atoms with Crippen molar-refractivity contribution in [2.45, 2.75) is 25.2 Å². The predicted octanol–water partition coefficient (Wildman–Crippen LogP) is 3.73. The molecule has 2 aromatic rings. The Kier molecular flexibility index (Phi) is 6.28. The van der Waals surface area contributed by atoms with Crippen molar-refractivity contribution >= 4 is 58.3 Å². The van der Waals surface area contributed by atoms with Gasteiger partial charge in [0, 0.05) is 5.56 Å². The average Bonchev–Trinajstić information content (AvgIpc) is 3.54. The van der Waals surface area contributed by atoms with E-state index in [9.17, 15) is 14.4 Å². The van der Waals surface area contributed by atoms with E-state index < -0.39 is 23.1 Å². The second kappa shape index (κ2) is 9.17. The average molecular weight is 503 g/mol. The molecule has 2 heterocycles. The maximum atomic E-state index is 12.2. The zero-order valence-corrected chi connectivity index (χ0v) is 19.1. The van der Waals surface area contributed by atoms with Gasteiger partial charge in [-0.15, -0.1) is 0 Å². The van der Waals surface area contributed by atoms with Crippen LogP contribution in [0.4, 0.5) is 16.3 Å². The number of anilines is 2. The number of carbonyl (C=O) groups excluding carboxylic acids is 3. The van der Waals surface area contributed by atoms with E-state index in [1.165, 1.54) is 18.3 Å². The summed E-state index contributed by atoms with van der Waals surface area (Å²) in [6.07, 6.45) is 1.95. The van der Waals surface area contributed by atoms with Crippen molar-refractivity contribution in [1.82, 2.24) is 10.3 Å². The standard InChI is InChI=1S/C21H16Cl2N6O5/c1-2-33-20(32)27-18(30)15(8-24)29-28-10-5-13(22)16(14(23)6-10)34-11-7-12-17(25-9-11)26-19(31)21(12)3-4-21/h5-7,9,28H,2-4H2,1H3,(H,25,26,31)(H,27,30,32). The van der Waals surface area contributed by atoms with Crippen LogP contribution >= 0.6 is 23.2 Å². The minimum absolute atomic E-state index is 0.0548. The zero-order chi connectivity index (χ0) is 24.5. The number of benzene rings is 1. The molecule has 0 unspecified atom stereocenters. The van der Waals surface area contributed by atoms with Crippen LogP contribution in [0.5, 0.6) is 11.5 Å². The van der Waals surface area contributed by atoms with Crippen molar-refractivity contribution in [2.24, 2.45) is 5.10 Å². The van der Waals surface area contributed by atoms with E-state index >= 15 is 0 Å². The molecule has 1 saturated carbocycles. The highest BCUT2D eigenvalue weighted by atomic mass is 35.5. The second-order valence-electron chi connectivity index (χ2n) is 7.33. The summed E-state index contributed by atoms with van der Waals surface area (Å²) < 4.78 is 10.4. The number of nitrogens with one attached hydrogen (secondary N) is 3. The van der Waals surface area contributed by atoms with Crippen molar-refractivity contribution in [3.05, 3.63) is 40.0 Å². The molecule has 13 heteroatoms. The maximum Gasteiger partial charge on any atom is 0.414 e. The number of fused-ring (bicyclic) bond motifs is 2. The van der Waals surface area contributed by atoms with E-state index in [0.29, 0.717) is 11.6 Å². The first-order chi connectivity index (χ1) is 16.3. The first kappa shape index (κ1) is 23.3.